The van der Waals surface area contributed by atoms with E-state index in [1.54, 1.807) is 10.9 Å². The summed E-state index contributed by atoms with van der Waals surface area (Å²) in [4.78, 5) is 17.4. The summed E-state index contributed by atoms with van der Waals surface area (Å²) in [6, 6.07) is 19.8. The number of hydrogen-bond acceptors (Lipinski definition) is 2. The van der Waals surface area contributed by atoms with Crippen LogP contribution >= 0.6 is 15.9 Å². The van der Waals surface area contributed by atoms with Crippen molar-refractivity contribution < 1.29 is 0 Å². The molecule has 0 aliphatic rings. The van der Waals surface area contributed by atoms with Crippen molar-refractivity contribution in [1.29, 1.82) is 0 Å². The van der Waals surface area contributed by atoms with E-state index >= 15 is 0 Å². The zero-order chi connectivity index (χ0) is 15.8. The molecule has 4 rings (SSSR count). The lowest BCUT2D eigenvalue weighted by Crippen LogP contribution is -2.21. The van der Waals surface area contributed by atoms with E-state index in [0.717, 1.165) is 26.3 Å². The summed E-state index contributed by atoms with van der Waals surface area (Å²) in [6.07, 6.45) is 1.64. The Balaban J connectivity index is 1.95. The molecule has 0 radical (unpaired) electrons. The van der Waals surface area contributed by atoms with Crippen molar-refractivity contribution in [2.24, 2.45) is 0 Å². The van der Waals surface area contributed by atoms with Gasteiger partial charge in [0.2, 0.25) is 0 Å². The van der Waals surface area contributed by atoms with Gasteiger partial charge in [-0.1, -0.05) is 70.5 Å². The standard InChI is InChI=1S/C19H13BrN2O/c20-17-10-16-18(15-9-5-4-8-14(15)17)21-12-22(19(16)23)11-13-6-2-1-3-7-13/h1-10,12H,11H2. The fraction of sp³-hybridized carbons (Fsp3) is 0.0526. The van der Waals surface area contributed by atoms with Gasteiger partial charge in [-0.2, -0.15) is 0 Å². The molecule has 0 aliphatic heterocycles. The van der Waals surface area contributed by atoms with Crippen LogP contribution in [0.25, 0.3) is 21.7 Å². The van der Waals surface area contributed by atoms with E-state index in [1.165, 1.54) is 0 Å². The largest absolute Gasteiger partial charge is 0.294 e. The Morgan fingerprint density at radius 1 is 0.913 bits per heavy atom. The fourth-order valence-electron chi connectivity index (χ4n) is 2.85. The molecule has 0 unspecified atom stereocenters. The monoisotopic (exact) mass is 364 g/mol. The van der Waals surface area contributed by atoms with Gasteiger partial charge in [-0.3, -0.25) is 9.36 Å². The quantitative estimate of drug-likeness (QED) is 0.495. The third kappa shape index (κ3) is 2.45. The Labute approximate surface area is 141 Å². The van der Waals surface area contributed by atoms with Crippen molar-refractivity contribution in [3.63, 3.8) is 0 Å². The molecule has 0 fully saturated rings. The highest BCUT2D eigenvalue weighted by molar-refractivity contribution is 9.10. The zero-order valence-corrected chi connectivity index (χ0v) is 13.8. The molecule has 3 nitrogen and oxygen atoms in total. The Bertz CT molecular complexity index is 1070. The summed E-state index contributed by atoms with van der Waals surface area (Å²) in [5.74, 6) is 0. The number of rotatable bonds is 2. The minimum absolute atomic E-state index is 0.0229. The number of aromatic nitrogens is 2. The molecule has 23 heavy (non-hydrogen) atoms. The van der Waals surface area contributed by atoms with Crippen LogP contribution in [0.4, 0.5) is 0 Å². The van der Waals surface area contributed by atoms with E-state index in [9.17, 15) is 4.79 Å². The lowest BCUT2D eigenvalue weighted by Gasteiger charge is -2.09. The molecule has 0 atom stereocenters. The lowest BCUT2D eigenvalue weighted by atomic mass is 10.1. The lowest BCUT2D eigenvalue weighted by molar-refractivity contribution is 0.749. The molecule has 112 valence electrons. The first kappa shape index (κ1) is 14.2. The van der Waals surface area contributed by atoms with Crippen LogP contribution in [0.15, 0.2) is 76.3 Å². The van der Waals surface area contributed by atoms with Crippen molar-refractivity contribution in [3.05, 3.63) is 87.4 Å². The number of halogens is 1. The van der Waals surface area contributed by atoms with Crippen molar-refractivity contribution in [3.8, 4) is 0 Å². The van der Waals surface area contributed by atoms with E-state index in [2.05, 4.69) is 20.9 Å². The van der Waals surface area contributed by atoms with E-state index in [4.69, 9.17) is 0 Å². The van der Waals surface area contributed by atoms with Gasteiger partial charge in [0.1, 0.15) is 0 Å². The van der Waals surface area contributed by atoms with Gasteiger partial charge >= 0.3 is 0 Å². The third-order valence-electron chi connectivity index (χ3n) is 3.98. The zero-order valence-electron chi connectivity index (χ0n) is 12.2. The number of hydrogen-bond donors (Lipinski definition) is 0. The highest BCUT2D eigenvalue weighted by Gasteiger charge is 2.10. The first-order valence-corrected chi connectivity index (χ1v) is 8.13. The second-order valence-corrected chi connectivity index (χ2v) is 6.32. The van der Waals surface area contributed by atoms with Gasteiger partial charge in [-0.25, -0.2) is 4.98 Å². The molecule has 4 aromatic rings. The molecule has 3 aromatic carbocycles. The van der Waals surface area contributed by atoms with Crippen LogP contribution in [-0.4, -0.2) is 9.55 Å². The van der Waals surface area contributed by atoms with Crippen molar-refractivity contribution in [1.82, 2.24) is 9.55 Å². The molecule has 0 spiro atoms. The van der Waals surface area contributed by atoms with Gasteiger partial charge in [0.05, 0.1) is 23.8 Å². The highest BCUT2D eigenvalue weighted by Crippen LogP contribution is 2.29. The molecule has 1 aromatic heterocycles. The topological polar surface area (TPSA) is 34.9 Å². The van der Waals surface area contributed by atoms with Crippen molar-refractivity contribution >= 4 is 37.6 Å². The van der Waals surface area contributed by atoms with Gasteiger partial charge in [0.15, 0.2) is 0 Å². The van der Waals surface area contributed by atoms with Crippen LogP contribution in [0.3, 0.4) is 0 Å². The maximum Gasteiger partial charge on any atom is 0.261 e. The Hall–Kier alpha value is -2.46. The Morgan fingerprint density at radius 2 is 1.61 bits per heavy atom. The molecule has 0 aliphatic carbocycles. The summed E-state index contributed by atoms with van der Waals surface area (Å²) in [5.41, 5.74) is 1.80. The molecule has 0 amide bonds. The molecule has 0 bridgehead atoms. The SMILES string of the molecule is O=c1c2cc(Br)c3ccccc3c2ncn1Cc1ccccc1. The molecule has 1 heterocycles. The number of fused-ring (bicyclic) bond motifs is 3. The third-order valence-corrected chi connectivity index (χ3v) is 4.63. The average Bonchev–Trinajstić information content (AvgIpc) is 2.59. The molecule has 0 saturated carbocycles. The van der Waals surface area contributed by atoms with Crippen LogP contribution in [0.2, 0.25) is 0 Å². The smallest absolute Gasteiger partial charge is 0.261 e. The van der Waals surface area contributed by atoms with E-state index in [-0.39, 0.29) is 5.56 Å². The normalized spacial score (nSPS) is 11.2. The molecule has 0 N–H and O–H groups in total. The number of benzene rings is 3. The fourth-order valence-corrected chi connectivity index (χ4v) is 3.42. The highest BCUT2D eigenvalue weighted by atomic mass is 79.9. The minimum atomic E-state index is -0.0229. The summed E-state index contributed by atoms with van der Waals surface area (Å²) in [7, 11) is 0. The van der Waals surface area contributed by atoms with Crippen LogP contribution in [0, 0.1) is 0 Å². The second-order valence-electron chi connectivity index (χ2n) is 5.46. The maximum atomic E-state index is 12.8. The van der Waals surface area contributed by atoms with Gasteiger partial charge in [0, 0.05) is 9.86 Å². The summed E-state index contributed by atoms with van der Waals surface area (Å²) in [5, 5.41) is 2.68. The minimum Gasteiger partial charge on any atom is -0.294 e. The Morgan fingerprint density at radius 3 is 2.39 bits per heavy atom. The predicted octanol–water partition coefficient (Wildman–Crippen LogP) is 4.36. The predicted molar refractivity (Wildman–Crippen MR) is 96.8 cm³/mol. The van der Waals surface area contributed by atoms with Gasteiger partial charge in [0.25, 0.3) is 5.56 Å². The molecule has 0 saturated heterocycles. The summed E-state index contributed by atoms with van der Waals surface area (Å²) in [6.45, 7) is 0.521. The van der Waals surface area contributed by atoms with Crippen LogP contribution in [0.5, 0.6) is 0 Å². The first-order chi connectivity index (χ1) is 11.2. The van der Waals surface area contributed by atoms with Gasteiger partial charge < -0.3 is 0 Å². The van der Waals surface area contributed by atoms with Crippen molar-refractivity contribution in [2.75, 3.05) is 0 Å². The first-order valence-electron chi connectivity index (χ1n) is 7.34. The molecular weight excluding hydrogens is 352 g/mol. The van der Waals surface area contributed by atoms with Gasteiger partial charge in [-0.05, 0) is 17.0 Å². The van der Waals surface area contributed by atoms with Gasteiger partial charge in [-0.15, -0.1) is 0 Å². The van der Waals surface area contributed by atoms with Crippen LogP contribution in [0.1, 0.15) is 5.56 Å². The van der Waals surface area contributed by atoms with Crippen molar-refractivity contribution in [2.45, 2.75) is 6.54 Å². The van der Waals surface area contributed by atoms with E-state index in [1.807, 2.05) is 60.7 Å². The molecule has 4 heteroatoms. The number of nitrogens with zero attached hydrogens (tertiary/aromatic N) is 2. The van der Waals surface area contributed by atoms with Crippen LogP contribution in [-0.2, 0) is 6.54 Å². The maximum absolute atomic E-state index is 12.8. The summed E-state index contributed by atoms with van der Waals surface area (Å²) < 4.78 is 2.57. The summed E-state index contributed by atoms with van der Waals surface area (Å²) >= 11 is 3.57. The molecular formula is C19H13BrN2O. The average molecular weight is 365 g/mol. The Kier molecular flexibility index (Phi) is 3.46. The van der Waals surface area contributed by atoms with E-state index in [0.29, 0.717) is 11.9 Å². The second kappa shape index (κ2) is 5.63. The van der Waals surface area contributed by atoms with Crippen LogP contribution < -0.4 is 5.56 Å². The van der Waals surface area contributed by atoms with E-state index < -0.39 is 0 Å².